The summed E-state index contributed by atoms with van der Waals surface area (Å²) >= 11 is 0. The molecule has 32 heteroatoms. The number of nitrogens with one attached hydrogen (secondary N) is 2. The van der Waals surface area contributed by atoms with E-state index in [-0.39, 0.29) is 100 Å². The first kappa shape index (κ1) is 64.3. The lowest BCUT2D eigenvalue weighted by atomic mass is 10.2. The number of aliphatic imine (C=N–C) groups is 2. The van der Waals surface area contributed by atoms with Gasteiger partial charge in [-0.25, -0.2) is 19.6 Å². The predicted molar refractivity (Wildman–Crippen MR) is 282 cm³/mol. The predicted octanol–water partition coefficient (Wildman–Crippen LogP) is -0.170. The molecule has 4 rings (SSSR count). The monoisotopic (exact) mass is 1160 g/mol. The first-order chi connectivity index (χ1) is 37.9. The summed E-state index contributed by atoms with van der Waals surface area (Å²) in [6.45, 7) is -2.79. The van der Waals surface area contributed by atoms with E-state index in [1.54, 1.807) is 0 Å². The molecule has 0 aliphatic heterocycles. The Morgan fingerprint density at radius 2 is 0.762 bits per heavy atom. The Morgan fingerprint density at radius 3 is 1.04 bits per heavy atom. The molecule has 0 aromatic heterocycles. The molecule has 4 aromatic rings. The number of hydrogen-bond donors (Lipinski definition) is 10. The number of carboxylic acids is 4. The lowest BCUT2D eigenvalue weighted by molar-refractivity contribution is -0.148. The van der Waals surface area contributed by atoms with Crippen LogP contribution in [0.2, 0.25) is 0 Å². The van der Waals surface area contributed by atoms with E-state index in [4.69, 9.17) is 51.4 Å². The summed E-state index contributed by atoms with van der Waals surface area (Å²) in [6, 6.07) is 19.2. The first-order valence-electron chi connectivity index (χ1n) is 23.7. The van der Waals surface area contributed by atoms with Gasteiger partial charge in [-0.1, -0.05) is 24.3 Å². The molecule has 0 unspecified atom stereocenters. The number of carbonyl (C=O) groups is 6. The van der Waals surface area contributed by atoms with E-state index in [1.165, 1.54) is 97.1 Å². The minimum atomic E-state index is -4.65. The van der Waals surface area contributed by atoms with Crippen molar-refractivity contribution in [2.75, 3.05) is 65.9 Å². The second-order valence-corrected chi connectivity index (χ2v) is 19.9. The molecule has 0 aliphatic rings. The van der Waals surface area contributed by atoms with Crippen molar-refractivity contribution in [1.29, 1.82) is 0 Å². The Labute approximate surface area is 458 Å². The number of carbonyl (C=O) groups excluding carboxylic acids is 2. The zero-order chi connectivity index (χ0) is 58.8. The largest absolute Gasteiger partial charge is 0.481 e. The highest BCUT2D eigenvalue weighted by molar-refractivity contribution is 7.87. The van der Waals surface area contributed by atoms with Gasteiger partial charge in [-0.15, -0.1) is 0 Å². The number of nitrogens with two attached hydrogens (primary N) is 4. The maximum Gasteiger partial charge on any atom is 0.343 e. The topological polar surface area (TPSA) is 466 Å². The van der Waals surface area contributed by atoms with Gasteiger partial charge in [0, 0.05) is 26.2 Å². The maximum absolute atomic E-state index is 13.4. The summed E-state index contributed by atoms with van der Waals surface area (Å²) in [5.74, 6) is -8.07. The molecule has 0 heterocycles. The van der Waals surface area contributed by atoms with E-state index in [0.717, 1.165) is 0 Å². The van der Waals surface area contributed by atoms with Crippen molar-refractivity contribution in [3.63, 3.8) is 0 Å². The SMILES string of the molecule is NC(N)=Nc1ccc(C(=O)Oc2ccc(CNS(=O)(=O)N(CCOCCOCCOCCOCCN([C@@H](CC(=O)O)C(=O)O)S(=O)(=O)NCc3ccc(OC(=O)c4ccc(N=C(N)N)cc4)cc3)[C@@H](CC(=O)O)C(=O)O)cc2)cc1. The van der Waals surface area contributed by atoms with Crippen molar-refractivity contribution in [2.24, 2.45) is 32.9 Å². The third kappa shape index (κ3) is 22.7. The zero-order valence-corrected chi connectivity index (χ0v) is 44.2. The van der Waals surface area contributed by atoms with Crippen molar-refractivity contribution in [2.45, 2.75) is 38.0 Å². The van der Waals surface area contributed by atoms with Gasteiger partial charge in [-0.3, -0.25) is 19.2 Å². The van der Waals surface area contributed by atoms with Crippen LogP contribution in [0.4, 0.5) is 11.4 Å². The van der Waals surface area contributed by atoms with Crippen LogP contribution in [0, 0.1) is 0 Å². The van der Waals surface area contributed by atoms with Crippen LogP contribution in [0.25, 0.3) is 0 Å². The number of nitrogens with zero attached hydrogens (tertiary/aromatic N) is 4. The van der Waals surface area contributed by atoms with Gasteiger partial charge in [-0.2, -0.15) is 34.9 Å². The van der Waals surface area contributed by atoms with Crippen LogP contribution >= 0.6 is 0 Å². The lowest BCUT2D eigenvalue weighted by Crippen LogP contribution is -2.51. The Morgan fingerprint density at radius 1 is 0.463 bits per heavy atom. The van der Waals surface area contributed by atoms with Crippen molar-refractivity contribution in [1.82, 2.24) is 18.1 Å². The molecule has 0 amide bonds. The smallest absolute Gasteiger partial charge is 0.343 e. The number of guanidine groups is 2. The van der Waals surface area contributed by atoms with E-state index in [2.05, 4.69) is 19.4 Å². The van der Waals surface area contributed by atoms with E-state index in [9.17, 15) is 66.0 Å². The maximum atomic E-state index is 13.4. The minimum absolute atomic E-state index is 0.0285. The molecular formula is C48H60N10O20S2. The second kappa shape index (κ2) is 32.0. The number of hydrogen-bond acceptors (Lipinski definition) is 18. The van der Waals surface area contributed by atoms with E-state index in [0.29, 0.717) is 31.1 Å². The quantitative estimate of drug-likeness (QED) is 0.00921. The fourth-order valence-corrected chi connectivity index (χ4v) is 9.41. The van der Waals surface area contributed by atoms with Gasteiger partial charge >= 0.3 is 35.8 Å². The fraction of sp³-hybridized carbons (Fsp3) is 0.333. The molecule has 80 heavy (non-hydrogen) atoms. The van der Waals surface area contributed by atoms with Crippen LogP contribution in [-0.2, 0) is 71.6 Å². The van der Waals surface area contributed by atoms with Crippen LogP contribution in [0.1, 0.15) is 44.7 Å². The highest BCUT2D eigenvalue weighted by Gasteiger charge is 2.37. The third-order valence-corrected chi connectivity index (χ3v) is 13.7. The Balaban J connectivity index is 1.17. The van der Waals surface area contributed by atoms with Crippen LogP contribution in [0.15, 0.2) is 107 Å². The van der Waals surface area contributed by atoms with Crippen LogP contribution in [0.3, 0.4) is 0 Å². The van der Waals surface area contributed by atoms with Crippen molar-refractivity contribution in [3.05, 3.63) is 119 Å². The minimum Gasteiger partial charge on any atom is -0.481 e. The van der Waals surface area contributed by atoms with Gasteiger partial charge in [0.05, 0.1) is 88.2 Å². The van der Waals surface area contributed by atoms with Crippen LogP contribution in [-0.4, -0.2) is 172 Å². The molecule has 30 nitrogen and oxygen atoms in total. The number of aliphatic carboxylic acids is 4. The average molecular weight is 1160 g/mol. The molecule has 0 bridgehead atoms. The van der Waals surface area contributed by atoms with Gasteiger partial charge in [0.1, 0.15) is 23.6 Å². The van der Waals surface area contributed by atoms with Crippen LogP contribution in [0.5, 0.6) is 11.5 Å². The van der Waals surface area contributed by atoms with Gasteiger partial charge < -0.3 is 71.8 Å². The molecule has 0 spiro atoms. The number of benzene rings is 4. The normalized spacial score (nSPS) is 12.3. The first-order valence-corrected chi connectivity index (χ1v) is 26.6. The standard InChI is InChI=1S/C48H60N10O20S2/c49-47(50)55-35-9-5-33(6-10-35)45(67)77-37-13-1-31(2-14-37)29-53-79(69,70)57(39(43(63)64)27-41(59)60)17-19-73-21-23-75-25-26-76-24-22-74-20-18-58(40(44(65)66)28-42(61)62)80(71,72)54-30-32-3-15-38(16-4-32)78-46(68)34-7-11-36(12-8-34)56-48(51)52/h1-16,39-40,53-54H,17-30H2,(H,59,60)(H,61,62)(H,63,64)(H,65,66)(H4,49,50,55)(H4,51,52,56)/t39-,40-/m0/s1. The molecule has 14 N–H and O–H groups in total. The molecule has 434 valence electrons. The molecule has 4 aromatic carbocycles. The number of esters is 2. The molecule has 0 aliphatic carbocycles. The summed E-state index contributed by atoms with van der Waals surface area (Å²) in [5, 5.41) is 38.3. The molecule has 0 saturated carbocycles. The van der Waals surface area contributed by atoms with E-state index in [1.807, 2.05) is 0 Å². The summed E-state index contributed by atoms with van der Waals surface area (Å²) in [6.07, 6.45) is -2.13. The van der Waals surface area contributed by atoms with E-state index >= 15 is 0 Å². The molecule has 0 saturated heterocycles. The van der Waals surface area contributed by atoms with Crippen molar-refractivity contribution in [3.8, 4) is 11.5 Å². The molecular weight excluding hydrogens is 1100 g/mol. The third-order valence-electron chi connectivity index (χ3n) is 10.6. The Kier molecular flexibility index (Phi) is 25.8. The molecule has 0 fully saturated rings. The number of ether oxygens (including phenoxy) is 6. The lowest BCUT2D eigenvalue weighted by Gasteiger charge is -2.27. The second-order valence-electron chi connectivity index (χ2n) is 16.5. The summed E-state index contributed by atoms with van der Waals surface area (Å²) < 4.78 is 91.5. The highest BCUT2D eigenvalue weighted by atomic mass is 32.2. The fourth-order valence-electron chi connectivity index (χ4n) is 6.75. The number of carboxylic acid groups (broad SMARTS) is 4. The Hall–Kier alpha value is -8.18. The van der Waals surface area contributed by atoms with E-state index < -0.39 is 94.2 Å². The van der Waals surface area contributed by atoms with Gasteiger partial charge in [0.25, 0.3) is 20.4 Å². The van der Waals surface area contributed by atoms with Crippen molar-refractivity contribution < 1.29 is 94.5 Å². The van der Waals surface area contributed by atoms with Crippen LogP contribution < -0.4 is 41.9 Å². The van der Waals surface area contributed by atoms with Gasteiger partial charge in [0.15, 0.2) is 11.9 Å². The Bertz CT molecular complexity index is 2800. The zero-order valence-electron chi connectivity index (χ0n) is 42.5. The van der Waals surface area contributed by atoms with Gasteiger partial charge in [0.2, 0.25) is 0 Å². The number of rotatable bonds is 37. The molecule has 2 atom stereocenters. The highest BCUT2D eigenvalue weighted by Crippen LogP contribution is 2.20. The van der Waals surface area contributed by atoms with Gasteiger partial charge in [-0.05, 0) is 83.9 Å². The molecule has 0 radical (unpaired) electrons. The van der Waals surface area contributed by atoms with Crippen molar-refractivity contribution >= 4 is 79.5 Å². The average Bonchev–Trinajstić information content (AvgIpc) is 3.44. The summed E-state index contributed by atoms with van der Waals surface area (Å²) in [7, 11) is -9.31. The summed E-state index contributed by atoms with van der Waals surface area (Å²) in [4.78, 5) is 80.1. The summed E-state index contributed by atoms with van der Waals surface area (Å²) in [5.41, 5.74) is 23.4.